The smallest absolute Gasteiger partial charge is 0.227 e. The van der Waals surface area contributed by atoms with Gasteiger partial charge in [0.25, 0.3) is 0 Å². The van der Waals surface area contributed by atoms with Gasteiger partial charge in [0.05, 0.1) is 0 Å². The first-order chi connectivity index (χ1) is 11.6. The summed E-state index contributed by atoms with van der Waals surface area (Å²) in [6.45, 7) is 6.53. The highest BCUT2D eigenvalue weighted by molar-refractivity contribution is 7.15. The van der Waals surface area contributed by atoms with Crippen LogP contribution in [0.25, 0.3) is 0 Å². The number of nitrogens with zero attached hydrogens (tertiary/aromatic N) is 3. The summed E-state index contributed by atoms with van der Waals surface area (Å²) in [7, 11) is 0. The standard InChI is InChI=1S/C17H22N4O2S/c1-3-16-19-20-17(24-16)18-15(22)7-8-21-10-14(11-21)23-13-6-4-5-12(2)9-13/h4-6,9,14H,3,7-8,10-11H2,1-2H3,(H,18,20,22). The van der Waals surface area contributed by atoms with Crippen LogP contribution in [0.5, 0.6) is 5.75 Å². The Morgan fingerprint density at radius 2 is 2.25 bits per heavy atom. The van der Waals surface area contributed by atoms with Crippen molar-refractivity contribution < 1.29 is 9.53 Å². The summed E-state index contributed by atoms with van der Waals surface area (Å²) >= 11 is 1.43. The molecule has 0 atom stereocenters. The van der Waals surface area contributed by atoms with Crippen LogP contribution in [-0.2, 0) is 11.2 Å². The summed E-state index contributed by atoms with van der Waals surface area (Å²) in [5.74, 6) is 0.900. The number of nitrogens with one attached hydrogen (secondary N) is 1. The number of carbonyl (C=O) groups excluding carboxylic acids is 1. The first kappa shape index (κ1) is 16.9. The molecule has 1 aliphatic rings. The molecule has 2 heterocycles. The first-order valence-electron chi connectivity index (χ1n) is 8.20. The summed E-state index contributed by atoms with van der Waals surface area (Å²) in [5.41, 5.74) is 1.20. The van der Waals surface area contributed by atoms with Crippen molar-refractivity contribution in [3.05, 3.63) is 34.8 Å². The summed E-state index contributed by atoms with van der Waals surface area (Å²) in [4.78, 5) is 14.2. The summed E-state index contributed by atoms with van der Waals surface area (Å²) in [5, 5.41) is 12.3. The molecule has 24 heavy (non-hydrogen) atoms. The van der Waals surface area contributed by atoms with E-state index in [0.29, 0.717) is 11.6 Å². The van der Waals surface area contributed by atoms with Crippen molar-refractivity contribution >= 4 is 22.4 Å². The number of likely N-dealkylation sites (tertiary alicyclic amines) is 1. The largest absolute Gasteiger partial charge is 0.488 e. The zero-order valence-corrected chi connectivity index (χ0v) is 14.8. The lowest BCUT2D eigenvalue weighted by atomic mass is 10.1. The van der Waals surface area contributed by atoms with Crippen molar-refractivity contribution in [1.82, 2.24) is 15.1 Å². The van der Waals surface area contributed by atoms with Crippen LogP contribution in [-0.4, -0.2) is 46.7 Å². The van der Waals surface area contributed by atoms with Crippen molar-refractivity contribution in [1.29, 1.82) is 0 Å². The fourth-order valence-electron chi connectivity index (χ4n) is 2.55. The van der Waals surface area contributed by atoms with E-state index in [1.807, 2.05) is 25.1 Å². The van der Waals surface area contributed by atoms with Gasteiger partial charge in [-0.15, -0.1) is 10.2 Å². The average Bonchev–Trinajstić information content (AvgIpc) is 2.97. The fraction of sp³-hybridized carbons (Fsp3) is 0.471. The van der Waals surface area contributed by atoms with Gasteiger partial charge in [-0.25, -0.2) is 0 Å². The lowest BCUT2D eigenvalue weighted by molar-refractivity contribution is -0.117. The molecule has 1 N–H and O–H groups in total. The number of anilines is 1. The summed E-state index contributed by atoms with van der Waals surface area (Å²) in [6, 6.07) is 8.08. The van der Waals surface area contributed by atoms with Crippen LogP contribution in [0.2, 0.25) is 0 Å². The van der Waals surface area contributed by atoms with Gasteiger partial charge in [0.15, 0.2) is 0 Å². The van der Waals surface area contributed by atoms with E-state index < -0.39 is 0 Å². The number of benzene rings is 1. The molecule has 0 spiro atoms. The maximum absolute atomic E-state index is 11.9. The Kier molecular flexibility index (Phi) is 5.42. The van der Waals surface area contributed by atoms with Crippen LogP contribution in [0.1, 0.15) is 23.9 Å². The zero-order valence-electron chi connectivity index (χ0n) is 14.0. The number of amides is 1. The summed E-state index contributed by atoms with van der Waals surface area (Å²) in [6.07, 6.45) is 1.51. The molecule has 0 bridgehead atoms. The predicted molar refractivity (Wildman–Crippen MR) is 94.6 cm³/mol. The Hall–Kier alpha value is -1.99. The van der Waals surface area contributed by atoms with Crippen LogP contribution in [0.3, 0.4) is 0 Å². The Bertz CT molecular complexity index is 697. The molecule has 1 aromatic carbocycles. The van der Waals surface area contributed by atoms with Crippen LogP contribution in [0, 0.1) is 6.92 Å². The highest BCUT2D eigenvalue weighted by Gasteiger charge is 2.28. The highest BCUT2D eigenvalue weighted by Crippen LogP contribution is 2.19. The summed E-state index contributed by atoms with van der Waals surface area (Å²) < 4.78 is 5.92. The first-order valence-corrected chi connectivity index (χ1v) is 9.02. The molecule has 1 amide bonds. The normalized spacial score (nSPS) is 15.1. The molecule has 0 saturated carbocycles. The Morgan fingerprint density at radius 3 is 2.96 bits per heavy atom. The van der Waals surface area contributed by atoms with Crippen LogP contribution in [0.4, 0.5) is 5.13 Å². The molecule has 6 nitrogen and oxygen atoms in total. The number of aryl methyl sites for hydroxylation is 2. The quantitative estimate of drug-likeness (QED) is 0.834. The molecule has 1 aromatic heterocycles. The fourth-order valence-corrected chi connectivity index (χ4v) is 3.24. The molecule has 3 rings (SSSR count). The molecule has 7 heteroatoms. The van der Waals surface area contributed by atoms with Gasteiger partial charge in [-0.05, 0) is 31.0 Å². The van der Waals surface area contributed by atoms with E-state index in [9.17, 15) is 4.79 Å². The minimum atomic E-state index is -0.0168. The topological polar surface area (TPSA) is 67.4 Å². The van der Waals surface area contributed by atoms with E-state index in [4.69, 9.17) is 4.74 Å². The zero-order chi connectivity index (χ0) is 16.9. The van der Waals surface area contributed by atoms with E-state index in [1.165, 1.54) is 16.9 Å². The van der Waals surface area contributed by atoms with E-state index in [1.54, 1.807) is 0 Å². The predicted octanol–water partition coefficient (Wildman–Crippen LogP) is 2.50. The van der Waals surface area contributed by atoms with Crippen molar-refractivity contribution in [3.8, 4) is 5.75 Å². The maximum atomic E-state index is 11.9. The second-order valence-corrected chi connectivity index (χ2v) is 7.03. The SMILES string of the molecule is CCc1nnc(NC(=O)CCN2CC(Oc3cccc(C)c3)C2)s1. The monoisotopic (exact) mass is 346 g/mol. The minimum Gasteiger partial charge on any atom is -0.488 e. The average molecular weight is 346 g/mol. The number of hydrogen-bond donors (Lipinski definition) is 1. The number of ether oxygens (including phenoxy) is 1. The highest BCUT2D eigenvalue weighted by atomic mass is 32.1. The minimum absolute atomic E-state index is 0.0168. The molecule has 2 aromatic rings. The van der Waals surface area contributed by atoms with Crippen LogP contribution < -0.4 is 10.1 Å². The Labute approximate surface area is 145 Å². The maximum Gasteiger partial charge on any atom is 0.227 e. The lowest BCUT2D eigenvalue weighted by Crippen LogP contribution is -2.54. The van der Waals surface area contributed by atoms with Gasteiger partial charge in [0.1, 0.15) is 16.9 Å². The molecule has 0 radical (unpaired) electrons. The van der Waals surface area contributed by atoms with E-state index in [-0.39, 0.29) is 12.0 Å². The lowest BCUT2D eigenvalue weighted by Gasteiger charge is -2.38. The third-order valence-corrected chi connectivity index (χ3v) is 4.87. The molecule has 1 saturated heterocycles. The third-order valence-electron chi connectivity index (χ3n) is 3.89. The number of hydrogen-bond acceptors (Lipinski definition) is 6. The molecule has 1 aliphatic heterocycles. The van der Waals surface area contributed by atoms with E-state index in [0.717, 1.165) is 36.8 Å². The molecular weight excluding hydrogens is 324 g/mol. The van der Waals surface area contributed by atoms with Gasteiger partial charge in [-0.2, -0.15) is 0 Å². The van der Waals surface area contributed by atoms with Crippen molar-refractivity contribution in [2.75, 3.05) is 25.0 Å². The molecule has 0 aliphatic carbocycles. The van der Waals surface area contributed by atoms with Gasteiger partial charge in [-0.3, -0.25) is 9.69 Å². The van der Waals surface area contributed by atoms with Crippen LogP contribution >= 0.6 is 11.3 Å². The van der Waals surface area contributed by atoms with Crippen LogP contribution in [0.15, 0.2) is 24.3 Å². The number of rotatable bonds is 7. The van der Waals surface area contributed by atoms with E-state index in [2.05, 4.69) is 33.4 Å². The number of aromatic nitrogens is 2. The second kappa shape index (κ2) is 7.72. The molecular formula is C17H22N4O2S. The van der Waals surface area contributed by atoms with Gasteiger partial charge < -0.3 is 10.1 Å². The van der Waals surface area contributed by atoms with Crippen molar-refractivity contribution in [2.45, 2.75) is 32.8 Å². The van der Waals surface area contributed by atoms with Gasteiger partial charge >= 0.3 is 0 Å². The van der Waals surface area contributed by atoms with Gasteiger partial charge in [-0.1, -0.05) is 30.4 Å². The second-order valence-electron chi connectivity index (χ2n) is 5.97. The Morgan fingerprint density at radius 1 is 1.42 bits per heavy atom. The van der Waals surface area contributed by atoms with Gasteiger partial charge in [0.2, 0.25) is 11.0 Å². The Balaban J connectivity index is 1.34. The molecule has 1 fully saturated rings. The van der Waals surface area contributed by atoms with Gasteiger partial charge in [0, 0.05) is 26.1 Å². The number of carbonyl (C=O) groups is 1. The van der Waals surface area contributed by atoms with E-state index >= 15 is 0 Å². The van der Waals surface area contributed by atoms with Crippen molar-refractivity contribution in [2.24, 2.45) is 0 Å². The van der Waals surface area contributed by atoms with Crippen molar-refractivity contribution in [3.63, 3.8) is 0 Å². The third kappa shape index (κ3) is 4.52. The molecule has 0 unspecified atom stereocenters. The molecule has 128 valence electrons.